The van der Waals surface area contributed by atoms with E-state index in [0.717, 1.165) is 0 Å². The molecule has 0 bridgehead atoms. The number of carbonyl (C=O) groups excluding carboxylic acids is 1. The number of amides is 1. The third-order valence-electron chi connectivity index (χ3n) is 2.73. The third kappa shape index (κ3) is 4.43. The van der Waals surface area contributed by atoms with E-state index in [1.165, 1.54) is 4.90 Å². The van der Waals surface area contributed by atoms with Gasteiger partial charge in [0.2, 0.25) is 5.91 Å². The zero-order chi connectivity index (χ0) is 12.4. The van der Waals surface area contributed by atoms with Crippen LogP contribution in [-0.2, 0) is 4.79 Å². The summed E-state index contributed by atoms with van der Waals surface area (Å²) >= 11 is 0. The summed E-state index contributed by atoms with van der Waals surface area (Å²) in [5, 5.41) is 0. The minimum atomic E-state index is -2.72. The summed E-state index contributed by atoms with van der Waals surface area (Å²) in [6.45, 7) is 3.66. The van der Waals surface area contributed by atoms with Crippen LogP contribution in [0.25, 0.3) is 0 Å². The molecule has 94 valence electrons. The van der Waals surface area contributed by atoms with Gasteiger partial charge >= 0.3 is 0 Å². The Kier molecular flexibility index (Phi) is 3.88. The highest BCUT2D eigenvalue weighted by molar-refractivity contribution is 5.76. The molecule has 5 heteroatoms. The second kappa shape index (κ2) is 4.65. The lowest BCUT2D eigenvalue weighted by atomic mass is 9.99. The molecule has 3 nitrogen and oxygen atoms in total. The first-order valence-corrected chi connectivity index (χ1v) is 5.64. The lowest BCUT2D eigenvalue weighted by Crippen LogP contribution is -2.46. The minimum absolute atomic E-state index is 0.112. The van der Waals surface area contributed by atoms with Crippen LogP contribution in [0.15, 0.2) is 0 Å². The molecule has 0 aliphatic carbocycles. The van der Waals surface area contributed by atoms with E-state index in [1.807, 2.05) is 13.8 Å². The standard InChI is InChI=1S/C11H20F2N2O/c1-10(2,14)6-4-9(16)15-7-3-5-11(12,13)8-15/h3-8,14H2,1-2H3. The maximum absolute atomic E-state index is 13.1. The monoisotopic (exact) mass is 234 g/mol. The Morgan fingerprint density at radius 2 is 2.12 bits per heavy atom. The lowest BCUT2D eigenvalue weighted by molar-refractivity contribution is -0.141. The van der Waals surface area contributed by atoms with Gasteiger partial charge in [-0.25, -0.2) is 8.78 Å². The number of nitrogens with two attached hydrogens (primary N) is 1. The first-order valence-electron chi connectivity index (χ1n) is 5.64. The van der Waals surface area contributed by atoms with Gasteiger partial charge in [0.25, 0.3) is 5.92 Å². The van der Waals surface area contributed by atoms with Crippen molar-refractivity contribution >= 4 is 5.91 Å². The predicted octanol–water partition coefficient (Wildman–Crippen LogP) is 1.76. The number of piperidine rings is 1. The molecule has 0 saturated carbocycles. The van der Waals surface area contributed by atoms with Gasteiger partial charge in [-0.15, -0.1) is 0 Å². The van der Waals surface area contributed by atoms with Crippen LogP contribution in [0.3, 0.4) is 0 Å². The summed E-state index contributed by atoms with van der Waals surface area (Å²) in [6, 6.07) is 0. The highest BCUT2D eigenvalue weighted by Gasteiger charge is 2.36. The van der Waals surface area contributed by atoms with E-state index >= 15 is 0 Å². The van der Waals surface area contributed by atoms with Gasteiger partial charge in [0.05, 0.1) is 6.54 Å². The molecule has 1 rings (SSSR count). The molecule has 0 aromatic rings. The summed E-state index contributed by atoms with van der Waals surface area (Å²) in [7, 11) is 0. The molecule has 2 N–H and O–H groups in total. The summed E-state index contributed by atoms with van der Waals surface area (Å²) < 4.78 is 26.1. The van der Waals surface area contributed by atoms with Crippen molar-refractivity contribution in [1.82, 2.24) is 4.90 Å². The van der Waals surface area contributed by atoms with Crippen molar-refractivity contribution in [1.29, 1.82) is 0 Å². The number of alkyl halides is 2. The topological polar surface area (TPSA) is 46.3 Å². The first kappa shape index (κ1) is 13.4. The fraction of sp³-hybridized carbons (Fsp3) is 0.909. The van der Waals surface area contributed by atoms with E-state index in [0.29, 0.717) is 19.4 Å². The van der Waals surface area contributed by atoms with Crippen molar-refractivity contribution in [2.75, 3.05) is 13.1 Å². The molecule has 1 amide bonds. The SMILES string of the molecule is CC(C)(N)CCC(=O)N1CCCC(F)(F)C1. The van der Waals surface area contributed by atoms with Crippen molar-refractivity contribution in [2.24, 2.45) is 5.73 Å². The molecule has 0 radical (unpaired) electrons. The second-order valence-corrected chi connectivity index (χ2v) is 5.26. The fourth-order valence-corrected chi connectivity index (χ4v) is 1.77. The number of halogens is 2. The average Bonchev–Trinajstić information content (AvgIpc) is 2.11. The summed E-state index contributed by atoms with van der Waals surface area (Å²) in [4.78, 5) is 12.9. The van der Waals surface area contributed by atoms with Gasteiger partial charge in [-0.1, -0.05) is 0 Å². The molecular formula is C11H20F2N2O. The fourth-order valence-electron chi connectivity index (χ4n) is 1.77. The number of carbonyl (C=O) groups is 1. The molecule has 1 saturated heterocycles. The van der Waals surface area contributed by atoms with Gasteiger partial charge in [0.1, 0.15) is 0 Å². The number of hydrogen-bond acceptors (Lipinski definition) is 2. The van der Waals surface area contributed by atoms with Gasteiger partial charge in [-0.3, -0.25) is 4.79 Å². The first-order chi connectivity index (χ1) is 7.20. The predicted molar refractivity (Wildman–Crippen MR) is 58.3 cm³/mol. The highest BCUT2D eigenvalue weighted by atomic mass is 19.3. The van der Waals surface area contributed by atoms with Gasteiger partial charge in [0.15, 0.2) is 0 Å². The Hall–Kier alpha value is -0.710. The van der Waals surface area contributed by atoms with E-state index < -0.39 is 18.0 Å². The van der Waals surface area contributed by atoms with Crippen LogP contribution in [0.2, 0.25) is 0 Å². The lowest BCUT2D eigenvalue weighted by Gasteiger charge is -2.33. The average molecular weight is 234 g/mol. The van der Waals surface area contributed by atoms with Crippen molar-refractivity contribution in [3.05, 3.63) is 0 Å². The van der Waals surface area contributed by atoms with Crippen LogP contribution in [-0.4, -0.2) is 35.4 Å². The number of likely N-dealkylation sites (tertiary alicyclic amines) is 1. The largest absolute Gasteiger partial charge is 0.337 e. The van der Waals surface area contributed by atoms with Crippen molar-refractivity contribution in [3.63, 3.8) is 0 Å². The molecule has 1 fully saturated rings. The van der Waals surface area contributed by atoms with E-state index in [2.05, 4.69) is 0 Å². The smallest absolute Gasteiger partial charge is 0.265 e. The van der Waals surface area contributed by atoms with E-state index in [9.17, 15) is 13.6 Å². The quantitative estimate of drug-likeness (QED) is 0.808. The number of nitrogens with zero attached hydrogens (tertiary/aromatic N) is 1. The Morgan fingerprint density at radius 1 is 1.50 bits per heavy atom. The maximum Gasteiger partial charge on any atom is 0.265 e. The van der Waals surface area contributed by atoms with Gasteiger partial charge in [-0.05, 0) is 26.7 Å². The maximum atomic E-state index is 13.1. The zero-order valence-electron chi connectivity index (χ0n) is 9.93. The van der Waals surface area contributed by atoms with Crippen LogP contribution >= 0.6 is 0 Å². The molecule has 0 unspecified atom stereocenters. The second-order valence-electron chi connectivity index (χ2n) is 5.26. The Bertz CT molecular complexity index is 261. The van der Waals surface area contributed by atoms with Crippen molar-refractivity contribution in [2.45, 2.75) is 51.0 Å². The molecule has 0 spiro atoms. The molecule has 0 atom stereocenters. The molecule has 0 aromatic heterocycles. The normalized spacial score (nSPS) is 20.9. The van der Waals surface area contributed by atoms with Gasteiger partial charge in [-0.2, -0.15) is 0 Å². The summed E-state index contributed by atoms with van der Waals surface area (Å²) in [6.07, 6.45) is 1.04. The molecule has 1 aliphatic rings. The van der Waals surface area contributed by atoms with Crippen LogP contribution in [0.1, 0.15) is 39.5 Å². The van der Waals surface area contributed by atoms with E-state index in [1.54, 1.807) is 0 Å². The van der Waals surface area contributed by atoms with E-state index in [4.69, 9.17) is 5.73 Å². The number of rotatable bonds is 3. The summed E-state index contributed by atoms with van der Waals surface area (Å²) in [5.41, 5.74) is 5.33. The zero-order valence-corrected chi connectivity index (χ0v) is 9.93. The van der Waals surface area contributed by atoms with Crippen molar-refractivity contribution < 1.29 is 13.6 Å². The molecule has 0 aromatic carbocycles. The van der Waals surface area contributed by atoms with Gasteiger partial charge in [0, 0.05) is 24.9 Å². The van der Waals surface area contributed by atoms with Crippen LogP contribution in [0, 0.1) is 0 Å². The molecular weight excluding hydrogens is 214 g/mol. The Labute approximate surface area is 95.0 Å². The van der Waals surface area contributed by atoms with Gasteiger partial charge < -0.3 is 10.6 Å². The Balaban J connectivity index is 2.42. The molecule has 16 heavy (non-hydrogen) atoms. The third-order valence-corrected chi connectivity index (χ3v) is 2.73. The Morgan fingerprint density at radius 3 is 2.62 bits per heavy atom. The highest BCUT2D eigenvalue weighted by Crippen LogP contribution is 2.27. The number of hydrogen-bond donors (Lipinski definition) is 1. The molecule has 1 aliphatic heterocycles. The molecule has 1 heterocycles. The van der Waals surface area contributed by atoms with Crippen LogP contribution < -0.4 is 5.73 Å². The summed E-state index contributed by atoms with van der Waals surface area (Å²) in [5.74, 6) is -2.93. The minimum Gasteiger partial charge on any atom is -0.337 e. The van der Waals surface area contributed by atoms with Crippen LogP contribution in [0.4, 0.5) is 8.78 Å². The van der Waals surface area contributed by atoms with Crippen LogP contribution in [0.5, 0.6) is 0 Å². The van der Waals surface area contributed by atoms with Crippen molar-refractivity contribution in [3.8, 4) is 0 Å². The van der Waals surface area contributed by atoms with E-state index in [-0.39, 0.29) is 18.7 Å².